The Labute approximate surface area is 174 Å². The van der Waals surface area contributed by atoms with Gasteiger partial charge in [0.05, 0.1) is 5.56 Å². The minimum atomic E-state index is -0.256. The van der Waals surface area contributed by atoms with E-state index in [0.29, 0.717) is 5.56 Å². The molecule has 5 rings (SSSR count). The van der Waals surface area contributed by atoms with E-state index in [1.54, 1.807) is 0 Å². The van der Waals surface area contributed by atoms with Gasteiger partial charge in [0.2, 0.25) is 0 Å². The molecular weight excluding hydrogens is 416 g/mol. The maximum atomic E-state index is 12.8. The van der Waals surface area contributed by atoms with Crippen LogP contribution in [0.15, 0.2) is 58.5 Å². The van der Waals surface area contributed by atoms with Crippen LogP contribution in [0.4, 0.5) is 5.69 Å². The summed E-state index contributed by atoms with van der Waals surface area (Å²) in [5.74, 6) is 0. The molecule has 0 amide bonds. The van der Waals surface area contributed by atoms with E-state index in [-0.39, 0.29) is 22.6 Å². The fraction of sp³-hybridized carbons (Fsp3) is 0.304. The van der Waals surface area contributed by atoms with Crippen LogP contribution in [0, 0.1) is 0 Å². The van der Waals surface area contributed by atoms with Crippen molar-refractivity contribution in [3.05, 3.63) is 70.9 Å². The van der Waals surface area contributed by atoms with E-state index >= 15 is 0 Å². The van der Waals surface area contributed by atoms with Crippen LogP contribution in [-0.4, -0.2) is 13.1 Å². The number of nitrogens with zero attached hydrogens (tertiary/aromatic N) is 2. The Kier molecular flexibility index (Phi) is 5.11. The standard InChI is InChI=1S/C23H23N2O2.BrH/c1-2-9-24-12-7-16(8-13-24)20-15-18-14-17-5-3-10-25-11-4-6-19(21(17)25)22(18)27-23(20)26;/h2,7-8,12-15H,1,3-6,9-11H2;1H/q+1;/p-1. The number of anilines is 1. The predicted molar refractivity (Wildman–Crippen MR) is 107 cm³/mol. The Morgan fingerprint density at radius 3 is 2.64 bits per heavy atom. The molecule has 0 saturated heterocycles. The molecule has 5 heteroatoms. The summed E-state index contributed by atoms with van der Waals surface area (Å²) in [4.78, 5) is 15.2. The first-order chi connectivity index (χ1) is 13.2. The summed E-state index contributed by atoms with van der Waals surface area (Å²) >= 11 is 0. The third kappa shape index (κ3) is 3.08. The van der Waals surface area contributed by atoms with Crippen LogP contribution in [-0.2, 0) is 19.4 Å². The van der Waals surface area contributed by atoms with E-state index in [4.69, 9.17) is 4.42 Å². The molecule has 4 heterocycles. The average Bonchev–Trinajstić information content (AvgIpc) is 2.70. The molecule has 0 atom stereocenters. The smallest absolute Gasteiger partial charge is 0.344 e. The topological polar surface area (TPSA) is 37.3 Å². The maximum Gasteiger partial charge on any atom is 0.344 e. The van der Waals surface area contributed by atoms with Crippen molar-refractivity contribution < 1.29 is 26.0 Å². The maximum absolute atomic E-state index is 12.8. The molecule has 3 aromatic rings. The van der Waals surface area contributed by atoms with Gasteiger partial charge in [-0.2, -0.15) is 0 Å². The zero-order chi connectivity index (χ0) is 18.4. The number of halogens is 1. The van der Waals surface area contributed by atoms with Crippen LogP contribution in [0.3, 0.4) is 0 Å². The largest absolute Gasteiger partial charge is 1.00 e. The number of allylic oxidation sites excluding steroid dienone is 1. The minimum Gasteiger partial charge on any atom is -1.00 e. The second-order valence-electron chi connectivity index (χ2n) is 7.50. The quantitative estimate of drug-likeness (QED) is 0.342. The molecule has 0 bridgehead atoms. The fourth-order valence-electron chi connectivity index (χ4n) is 4.55. The molecular formula is C23H23BrN2O2. The van der Waals surface area contributed by atoms with Crippen LogP contribution < -0.4 is 32.1 Å². The second-order valence-corrected chi connectivity index (χ2v) is 7.50. The first-order valence-corrected chi connectivity index (χ1v) is 9.72. The zero-order valence-electron chi connectivity index (χ0n) is 15.8. The molecule has 2 aromatic heterocycles. The molecule has 144 valence electrons. The molecule has 4 nitrogen and oxygen atoms in total. The van der Waals surface area contributed by atoms with Gasteiger partial charge in [0.15, 0.2) is 18.9 Å². The highest BCUT2D eigenvalue weighted by Gasteiger charge is 2.27. The third-order valence-corrected chi connectivity index (χ3v) is 5.76. The summed E-state index contributed by atoms with van der Waals surface area (Å²) in [6.07, 6.45) is 10.2. The van der Waals surface area contributed by atoms with E-state index in [9.17, 15) is 4.79 Å². The highest BCUT2D eigenvalue weighted by atomic mass is 79.9. The van der Waals surface area contributed by atoms with Gasteiger partial charge in [-0.05, 0) is 49.5 Å². The second kappa shape index (κ2) is 7.55. The number of hydrogen-bond donors (Lipinski definition) is 0. The number of rotatable bonds is 3. The lowest BCUT2D eigenvalue weighted by Gasteiger charge is -2.37. The van der Waals surface area contributed by atoms with Crippen LogP contribution in [0.2, 0.25) is 0 Å². The van der Waals surface area contributed by atoms with Gasteiger partial charge in [0.1, 0.15) is 5.58 Å². The number of hydrogen-bond acceptors (Lipinski definition) is 3. The van der Waals surface area contributed by atoms with Crippen molar-refractivity contribution in [2.24, 2.45) is 0 Å². The van der Waals surface area contributed by atoms with Gasteiger partial charge in [-0.15, -0.1) is 0 Å². The molecule has 2 aliphatic rings. The molecule has 0 unspecified atom stereocenters. The monoisotopic (exact) mass is 438 g/mol. The first kappa shape index (κ1) is 18.9. The average molecular weight is 439 g/mol. The van der Waals surface area contributed by atoms with Gasteiger partial charge in [-0.25, -0.2) is 9.36 Å². The van der Waals surface area contributed by atoms with E-state index in [1.165, 1.54) is 23.2 Å². The molecule has 0 N–H and O–H groups in total. The Morgan fingerprint density at radius 1 is 1.14 bits per heavy atom. The summed E-state index contributed by atoms with van der Waals surface area (Å²) in [6, 6.07) is 8.18. The lowest BCUT2D eigenvalue weighted by molar-refractivity contribution is -0.686. The molecule has 0 radical (unpaired) electrons. The van der Waals surface area contributed by atoms with Gasteiger partial charge in [0.25, 0.3) is 0 Å². The first-order valence-electron chi connectivity index (χ1n) is 9.72. The van der Waals surface area contributed by atoms with Crippen molar-refractivity contribution in [3.8, 4) is 11.1 Å². The zero-order valence-corrected chi connectivity index (χ0v) is 17.4. The molecule has 28 heavy (non-hydrogen) atoms. The molecule has 0 fully saturated rings. The fourth-order valence-corrected chi connectivity index (χ4v) is 4.55. The van der Waals surface area contributed by atoms with Crippen LogP contribution in [0.5, 0.6) is 0 Å². The van der Waals surface area contributed by atoms with Gasteiger partial charge < -0.3 is 26.3 Å². The predicted octanol–water partition coefficient (Wildman–Crippen LogP) is 0.636. The number of aromatic nitrogens is 1. The van der Waals surface area contributed by atoms with Crippen molar-refractivity contribution >= 4 is 16.7 Å². The van der Waals surface area contributed by atoms with Crippen LogP contribution in [0.25, 0.3) is 22.1 Å². The number of aryl methyl sites for hydroxylation is 2. The third-order valence-electron chi connectivity index (χ3n) is 5.76. The Bertz CT molecular complexity index is 1100. The number of benzene rings is 1. The van der Waals surface area contributed by atoms with Crippen LogP contribution >= 0.6 is 0 Å². The molecule has 1 aromatic carbocycles. The summed E-state index contributed by atoms with van der Waals surface area (Å²) in [5, 5.41) is 1.05. The van der Waals surface area contributed by atoms with Crippen molar-refractivity contribution in [3.63, 3.8) is 0 Å². The Morgan fingerprint density at radius 2 is 1.89 bits per heavy atom. The Balaban J connectivity index is 0.00000192. The molecule has 2 aliphatic heterocycles. The minimum absolute atomic E-state index is 0. The lowest BCUT2D eigenvalue weighted by Crippen LogP contribution is -3.00. The van der Waals surface area contributed by atoms with Gasteiger partial charge in [0, 0.05) is 47.4 Å². The number of pyridine rings is 1. The summed E-state index contributed by atoms with van der Waals surface area (Å²) in [7, 11) is 0. The molecule has 0 aliphatic carbocycles. The van der Waals surface area contributed by atoms with E-state index in [0.717, 1.165) is 55.4 Å². The van der Waals surface area contributed by atoms with Crippen molar-refractivity contribution in [2.75, 3.05) is 18.0 Å². The van der Waals surface area contributed by atoms with Gasteiger partial charge >= 0.3 is 5.63 Å². The lowest BCUT2D eigenvalue weighted by atomic mass is 9.89. The number of fused-ring (bicyclic) bond motifs is 2. The summed E-state index contributed by atoms with van der Waals surface area (Å²) < 4.78 is 7.91. The van der Waals surface area contributed by atoms with E-state index in [1.807, 2.05) is 41.2 Å². The van der Waals surface area contributed by atoms with E-state index in [2.05, 4.69) is 17.5 Å². The molecule has 0 saturated carbocycles. The van der Waals surface area contributed by atoms with Crippen molar-refractivity contribution in [1.82, 2.24) is 0 Å². The normalized spacial score (nSPS) is 15.1. The summed E-state index contributed by atoms with van der Waals surface area (Å²) in [5.41, 5.74) is 6.01. The highest BCUT2D eigenvalue weighted by Crippen LogP contribution is 2.40. The van der Waals surface area contributed by atoms with Gasteiger partial charge in [-0.3, -0.25) is 0 Å². The van der Waals surface area contributed by atoms with Crippen LogP contribution in [0.1, 0.15) is 24.0 Å². The van der Waals surface area contributed by atoms with E-state index < -0.39 is 0 Å². The molecule has 0 spiro atoms. The Hall–Kier alpha value is -2.40. The summed E-state index contributed by atoms with van der Waals surface area (Å²) in [6.45, 7) is 6.73. The van der Waals surface area contributed by atoms with Crippen molar-refractivity contribution in [2.45, 2.75) is 32.2 Å². The van der Waals surface area contributed by atoms with Gasteiger partial charge in [-0.1, -0.05) is 6.58 Å². The SMILES string of the molecule is C=CC[n+]1ccc(-c2cc3cc4c5c(c3oc2=O)CCCN5CCC4)cc1.[Br-]. The van der Waals surface area contributed by atoms with Crippen molar-refractivity contribution in [1.29, 1.82) is 0 Å². The highest BCUT2D eigenvalue weighted by molar-refractivity contribution is 5.90.